The number of carboxylic acid groups (broad SMARTS) is 1. The molecule has 0 bridgehead atoms. The molecule has 2 saturated carbocycles. The first-order valence-corrected chi connectivity index (χ1v) is 17.8. The summed E-state index contributed by atoms with van der Waals surface area (Å²) in [5.74, 6) is -5.47. The summed E-state index contributed by atoms with van der Waals surface area (Å²) in [6, 6.07) is -4.25. The fraction of sp³-hybridized carbons (Fsp3) is 0.686. The van der Waals surface area contributed by atoms with Crippen molar-refractivity contribution in [2.24, 2.45) is 23.2 Å². The topological polar surface area (TPSA) is 208 Å². The lowest BCUT2D eigenvalue weighted by molar-refractivity contribution is -0.150. The van der Waals surface area contributed by atoms with E-state index in [4.69, 9.17) is 5.11 Å². The van der Waals surface area contributed by atoms with E-state index in [2.05, 4.69) is 25.9 Å². The molecular weight excluding hydrogens is 646 g/mol. The molecule has 4 N–H and O–H groups in total. The predicted octanol–water partition coefficient (Wildman–Crippen LogP) is 1.07. The molecule has 5 amide bonds. The number of rotatable bonds is 13. The zero-order chi connectivity index (χ0) is 36.3. The summed E-state index contributed by atoms with van der Waals surface area (Å²) in [5.41, 5.74) is -0.702. The maximum Gasteiger partial charge on any atom is 0.322 e. The monoisotopic (exact) mass is 695 g/mol. The second-order valence-electron chi connectivity index (χ2n) is 15.2. The van der Waals surface area contributed by atoms with Crippen LogP contribution in [0.3, 0.4) is 0 Å². The van der Waals surface area contributed by atoms with Crippen molar-refractivity contribution in [3.8, 4) is 0 Å². The number of likely N-dealkylation sites (tertiary alicyclic amines) is 2. The van der Waals surface area contributed by atoms with Gasteiger partial charge in [-0.1, -0.05) is 53.4 Å². The Morgan fingerprint density at radius 3 is 2.34 bits per heavy atom. The average molecular weight is 696 g/mol. The summed E-state index contributed by atoms with van der Waals surface area (Å²) in [4.78, 5) is 104. The summed E-state index contributed by atoms with van der Waals surface area (Å²) >= 11 is 0. The van der Waals surface area contributed by atoms with Crippen LogP contribution in [-0.2, 0) is 28.8 Å². The van der Waals surface area contributed by atoms with Gasteiger partial charge in [-0.15, -0.1) is 0 Å². The van der Waals surface area contributed by atoms with Gasteiger partial charge in [-0.3, -0.25) is 38.5 Å². The number of hydrogen-bond acceptors (Lipinski definition) is 9. The molecule has 7 atom stereocenters. The van der Waals surface area contributed by atoms with E-state index in [0.717, 1.165) is 38.5 Å². The van der Waals surface area contributed by atoms with E-state index in [0.29, 0.717) is 19.4 Å². The standard InChI is InChI=1S/C35H49N7O8/c1-5-9-23(28(45)32(48)38-17-24(43)44)42-22-13-12-20-18-41(27(25(20)22)33(42)49)34(50)29(35(2,3)4)40-31(47)26(19-10-7-6-8-11-19)39-30(46)21-16-36-14-15-37-21/h14-16,19-20,22-23,25-27,29H,5-13,17-18H2,1-4H3,(H,38,48)(H,39,46)(H,40,47)(H,43,44)/t20-,22?,23?,25+,26?,27?,29?/m0/s1. The van der Waals surface area contributed by atoms with Crippen molar-refractivity contribution < 1.29 is 38.7 Å². The van der Waals surface area contributed by atoms with Gasteiger partial charge in [0, 0.05) is 30.9 Å². The van der Waals surface area contributed by atoms with Gasteiger partial charge in [-0.2, -0.15) is 0 Å². The Hall–Kier alpha value is -4.43. The highest BCUT2D eigenvalue weighted by atomic mass is 16.4. The number of hydrogen-bond donors (Lipinski definition) is 4. The Balaban J connectivity index is 1.38. The van der Waals surface area contributed by atoms with Gasteiger partial charge >= 0.3 is 5.97 Å². The first-order valence-electron chi connectivity index (χ1n) is 17.8. The first-order chi connectivity index (χ1) is 23.7. The third kappa shape index (κ3) is 7.51. The van der Waals surface area contributed by atoms with Gasteiger partial charge in [-0.05, 0) is 49.4 Å². The van der Waals surface area contributed by atoms with Crippen LogP contribution in [0.1, 0.15) is 96.0 Å². The third-order valence-corrected chi connectivity index (χ3v) is 10.8. The summed E-state index contributed by atoms with van der Waals surface area (Å²) in [6.07, 6.45) is 10.6. The third-order valence-electron chi connectivity index (χ3n) is 10.8. The molecule has 0 spiro atoms. The van der Waals surface area contributed by atoms with Crippen molar-refractivity contribution in [1.29, 1.82) is 0 Å². The maximum absolute atomic E-state index is 14.6. The highest BCUT2D eigenvalue weighted by molar-refractivity contribution is 6.38. The summed E-state index contributed by atoms with van der Waals surface area (Å²) in [7, 11) is 0. The smallest absolute Gasteiger partial charge is 0.322 e. The number of carbonyl (C=O) groups is 7. The lowest BCUT2D eigenvalue weighted by Crippen LogP contribution is -2.61. The van der Waals surface area contributed by atoms with Gasteiger partial charge in [0.25, 0.3) is 11.8 Å². The van der Waals surface area contributed by atoms with Crippen molar-refractivity contribution in [1.82, 2.24) is 35.7 Å². The number of carbonyl (C=O) groups excluding carboxylic acids is 6. The van der Waals surface area contributed by atoms with Crippen LogP contribution in [0.5, 0.6) is 0 Å². The van der Waals surface area contributed by atoms with Crippen LogP contribution in [0.4, 0.5) is 0 Å². The Labute approximate surface area is 291 Å². The van der Waals surface area contributed by atoms with Crippen LogP contribution < -0.4 is 16.0 Å². The Bertz CT molecular complexity index is 1490. The first kappa shape index (κ1) is 36.8. The zero-order valence-electron chi connectivity index (χ0n) is 29.2. The molecule has 5 unspecified atom stereocenters. The molecule has 5 rings (SSSR count). The Morgan fingerprint density at radius 2 is 1.72 bits per heavy atom. The lowest BCUT2D eigenvalue weighted by atomic mass is 9.82. The number of nitrogens with zero attached hydrogens (tertiary/aromatic N) is 4. The number of aliphatic carboxylic acids is 1. The Kier molecular flexibility index (Phi) is 11.2. The van der Waals surface area contributed by atoms with Crippen molar-refractivity contribution in [2.75, 3.05) is 13.1 Å². The van der Waals surface area contributed by atoms with Crippen LogP contribution >= 0.6 is 0 Å². The van der Waals surface area contributed by atoms with Crippen LogP contribution in [0.25, 0.3) is 0 Å². The van der Waals surface area contributed by atoms with E-state index < -0.39 is 77.4 Å². The minimum absolute atomic E-state index is 0.00121. The van der Waals surface area contributed by atoms with Gasteiger partial charge < -0.3 is 30.9 Å². The van der Waals surface area contributed by atoms with Crippen molar-refractivity contribution in [3.05, 3.63) is 24.3 Å². The number of carboxylic acids is 1. The molecule has 4 fully saturated rings. The van der Waals surface area contributed by atoms with Crippen molar-refractivity contribution in [3.63, 3.8) is 0 Å². The minimum atomic E-state index is -1.30. The highest BCUT2D eigenvalue weighted by Crippen LogP contribution is 2.51. The number of aromatic nitrogens is 2. The van der Waals surface area contributed by atoms with Gasteiger partial charge in [-0.25, -0.2) is 4.98 Å². The molecular formula is C35H49N7O8. The number of ketones is 1. The molecule has 1 aromatic heterocycles. The van der Waals surface area contributed by atoms with E-state index in [1.165, 1.54) is 23.5 Å². The van der Waals surface area contributed by atoms with Crippen LogP contribution in [0.15, 0.2) is 18.6 Å². The Morgan fingerprint density at radius 1 is 1.00 bits per heavy atom. The maximum atomic E-state index is 14.6. The van der Waals surface area contributed by atoms with Crippen LogP contribution in [-0.4, -0.2) is 109 Å². The predicted molar refractivity (Wildman–Crippen MR) is 178 cm³/mol. The van der Waals surface area contributed by atoms with Gasteiger partial charge in [0.2, 0.25) is 23.5 Å². The van der Waals surface area contributed by atoms with E-state index in [1.807, 2.05) is 27.7 Å². The second-order valence-corrected chi connectivity index (χ2v) is 15.2. The second kappa shape index (κ2) is 15.2. The molecule has 2 saturated heterocycles. The SMILES string of the molecule is CCCC(C(=O)C(=O)NCC(=O)O)N1C(=O)C2[C@H]3C1CC[C@H]3CN2C(=O)C(NC(=O)C(NC(=O)c1cnccn1)C1CCCCC1)C(C)(C)C. The van der Waals surface area contributed by atoms with E-state index in [9.17, 15) is 33.6 Å². The highest BCUT2D eigenvalue weighted by Gasteiger charge is 2.64. The van der Waals surface area contributed by atoms with Gasteiger partial charge in [0.1, 0.15) is 36.4 Å². The molecule has 15 nitrogen and oxygen atoms in total. The molecule has 1 aromatic rings. The minimum Gasteiger partial charge on any atom is -0.480 e. The van der Waals surface area contributed by atoms with E-state index >= 15 is 0 Å². The number of Topliss-reactive ketones (excluding diaryl/α,β-unsaturated/α-hetero) is 1. The zero-order valence-corrected chi connectivity index (χ0v) is 29.2. The van der Waals surface area contributed by atoms with Crippen molar-refractivity contribution in [2.45, 2.75) is 116 Å². The lowest BCUT2D eigenvalue weighted by Gasteiger charge is -2.37. The quantitative estimate of drug-likeness (QED) is 0.216. The molecule has 2 aliphatic carbocycles. The van der Waals surface area contributed by atoms with Gasteiger partial charge in [0.05, 0.1) is 6.20 Å². The summed E-state index contributed by atoms with van der Waals surface area (Å²) in [6.45, 7) is 6.93. The normalized spacial score (nSPS) is 25.0. The fourth-order valence-corrected chi connectivity index (χ4v) is 8.50. The van der Waals surface area contributed by atoms with Crippen LogP contribution in [0, 0.1) is 23.2 Å². The number of amides is 5. The number of nitrogens with one attached hydrogen (secondary N) is 3. The average Bonchev–Trinajstić information content (AvgIpc) is 3.76. The molecule has 3 heterocycles. The van der Waals surface area contributed by atoms with E-state index in [-0.39, 0.29) is 35.9 Å². The summed E-state index contributed by atoms with van der Waals surface area (Å²) in [5, 5.41) is 16.9. The molecule has 0 radical (unpaired) electrons. The molecule has 272 valence electrons. The molecule has 4 aliphatic rings. The van der Waals surface area contributed by atoms with Gasteiger partial charge in [0.15, 0.2) is 0 Å². The largest absolute Gasteiger partial charge is 0.480 e. The fourth-order valence-electron chi connectivity index (χ4n) is 8.50. The molecule has 50 heavy (non-hydrogen) atoms. The summed E-state index contributed by atoms with van der Waals surface area (Å²) < 4.78 is 0. The van der Waals surface area contributed by atoms with Crippen molar-refractivity contribution >= 4 is 41.3 Å². The molecule has 15 heteroatoms. The molecule has 2 aliphatic heterocycles. The van der Waals surface area contributed by atoms with E-state index in [1.54, 1.807) is 4.90 Å². The van der Waals surface area contributed by atoms with Crippen LogP contribution in [0.2, 0.25) is 0 Å². The molecule has 0 aromatic carbocycles.